The van der Waals surface area contributed by atoms with Gasteiger partial charge in [0.2, 0.25) is 0 Å². The number of anilines is 1. The predicted octanol–water partition coefficient (Wildman–Crippen LogP) is 1.38. The summed E-state index contributed by atoms with van der Waals surface area (Å²) in [7, 11) is 1.91. The first kappa shape index (κ1) is 11.0. The Balaban J connectivity index is 2.10. The summed E-state index contributed by atoms with van der Waals surface area (Å²) in [5.41, 5.74) is 1.28. The van der Waals surface area contributed by atoms with E-state index in [4.69, 9.17) is 5.26 Å². The highest BCUT2D eigenvalue weighted by Crippen LogP contribution is 2.09. The van der Waals surface area contributed by atoms with Gasteiger partial charge in [-0.3, -0.25) is 4.98 Å². The van der Waals surface area contributed by atoms with Crippen LogP contribution in [0.5, 0.6) is 0 Å². The van der Waals surface area contributed by atoms with Crippen LogP contribution in [0, 0.1) is 11.3 Å². The van der Waals surface area contributed by atoms with Crippen LogP contribution in [0.25, 0.3) is 0 Å². The van der Waals surface area contributed by atoms with Crippen LogP contribution in [0.15, 0.2) is 36.8 Å². The van der Waals surface area contributed by atoms with Crippen molar-refractivity contribution in [1.82, 2.24) is 15.0 Å². The van der Waals surface area contributed by atoms with Crippen molar-refractivity contribution in [3.8, 4) is 6.07 Å². The van der Waals surface area contributed by atoms with E-state index >= 15 is 0 Å². The van der Waals surface area contributed by atoms with E-state index in [0.717, 1.165) is 11.5 Å². The molecule has 5 heteroatoms. The number of rotatable bonds is 3. The van der Waals surface area contributed by atoms with E-state index in [1.54, 1.807) is 12.4 Å². The van der Waals surface area contributed by atoms with Crippen molar-refractivity contribution >= 4 is 5.82 Å². The van der Waals surface area contributed by atoms with Gasteiger partial charge in [0.25, 0.3) is 0 Å². The standard InChI is InChI=1S/C12H11N5/c1-17(9-10-4-2-3-5-14-10)12-8-15-11(6-13)7-16-12/h2-5,7-8H,9H2,1H3. The Labute approximate surface area is 99.4 Å². The van der Waals surface area contributed by atoms with E-state index < -0.39 is 0 Å². The van der Waals surface area contributed by atoms with Gasteiger partial charge in [-0.2, -0.15) is 5.26 Å². The Morgan fingerprint density at radius 2 is 2.12 bits per heavy atom. The number of hydrogen-bond donors (Lipinski definition) is 0. The van der Waals surface area contributed by atoms with Crippen LogP contribution in [-0.4, -0.2) is 22.0 Å². The largest absolute Gasteiger partial charge is 0.353 e. The maximum Gasteiger partial charge on any atom is 0.158 e. The Morgan fingerprint density at radius 1 is 1.24 bits per heavy atom. The van der Waals surface area contributed by atoms with E-state index in [0.29, 0.717) is 12.2 Å². The molecule has 0 bridgehead atoms. The highest BCUT2D eigenvalue weighted by molar-refractivity contribution is 5.36. The van der Waals surface area contributed by atoms with Gasteiger partial charge in [-0.1, -0.05) is 6.07 Å². The molecular formula is C12H11N5. The third-order valence-corrected chi connectivity index (χ3v) is 2.27. The number of pyridine rings is 1. The van der Waals surface area contributed by atoms with Crippen LogP contribution >= 0.6 is 0 Å². The molecule has 2 rings (SSSR count). The summed E-state index contributed by atoms with van der Waals surface area (Å²) in [6.45, 7) is 0.654. The minimum absolute atomic E-state index is 0.319. The second-order valence-corrected chi connectivity index (χ2v) is 3.55. The lowest BCUT2D eigenvalue weighted by Crippen LogP contribution is -2.18. The lowest BCUT2D eigenvalue weighted by Gasteiger charge is -2.16. The number of nitriles is 1. The fourth-order valence-electron chi connectivity index (χ4n) is 1.39. The molecule has 2 aromatic heterocycles. The molecule has 0 aromatic carbocycles. The molecule has 0 saturated carbocycles. The average Bonchev–Trinajstić information content (AvgIpc) is 2.40. The summed E-state index contributed by atoms with van der Waals surface area (Å²) in [6, 6.07) is 7.72. The highest BCUT2D eigenvalue weighted by Gasteiger charge is 2.04. The Kier molecular flexibility index (Phi) is 3.26. The molecule has 2 aromatic rings. The molecule has 0 aliphatic heterocycles. The third kappa shape index (κ3) is 2.75. The van der Waals surface area contributed by atoms with Crippen LogP contribution in [-0.2, 0) is 6.54 Å². The lowest BCUT2D eigenvalue weighted by atomic mass is 10.3. The van der Waals surface area contributed by atoms with Gasteiger partial charge in [-0.15, -0.1) is 0 Å². The van der Waals surface area contributed by atoms with Gasteiger partial charge >= 0.3 is 0 Å². The van der Waals surface area contributed by atoms with Crippen LogP contribution in [0.3, 0.4) is 0 Å². The van der Waals surface area contributed by atoms with Crippen molar-refractivity contribution in [2.24, 2.45) is 0 Å². The van der Waals surface area contributed by atoms with Gasteiger partial charge in [0.15, 0.2) is 5.69 Å². The van der Waals surface area contributed by atoms with Gasteiger partial charge in [-0.05, 0) is 12.1 Å². The van der Waals surface area contributed by atoms with Gasteiger partial charge in [0.1, 0.15) is 11.9 Å². The fourth-order valence-corrected chi connectivity index (χ4v) is 1.39. The van der Waals surface area contributed by atoms with E-state index in [1.165, 1.54) is 6.20 Å². The first-order valence-corrected chi connectivity index (χ1v) is 5.13. The van der Waals surface area contributed by atoms with Gasteiger partial charge < -0.3 is 4.90 Å². The number of nitrogens with zero attached hydrogens (tertiary/aromatic N) is 5. The summed E-state index contributed by atoms with van der Waals surface area (Å²) in [4.78, 5) is 14.3. The number of hydrogen-bond acceptors (Lipinski definition) is 5. The zero-order chi connectivity index (χ0) is 12.1. The Morgan fingerprint density at radius 3 is 2.71 bits per heavy atom. The summed E-state index contributed by atoms with van der Waals surface area (Å²) in [5, 5.41) is 8.63. The maximum atomic E-state index is 8.63. The molecule has 84 valence electrons. The van der Waals surface area contributed by atoms with Crippen LogP contribution in [0.4, 0.5) is 5.82 Å². The Bertz CT molecular complexity index is 515. The van der Waals surface area contributed by atoms with Gasteiger partial charge in [0, 0.05) is 13.2 Å². The van der Waals surface area contributed by atoms with Crippen LogP contribution in [0.2, 0.25) is 0 Å². The first-order valence-electron chi connectivity index (χ1n) is 5.13. The molecule has 0 radical (unpaired) electrons. The average molecular weight is 225 g/mol. The first-order chi connectivity index (χ1) is 8.29. The highest BCUT2D eigenvalue weighted by atomic mass is 15.2. The molecule has 0 fully saturated rings. The van der Waals surface area contributed by atoms with E-state index in [9.17, 15) is 0 Å². The van der Waals surface area contributed by atoms with E-state index in [2.05, 4.69) is 15.0 Å². The summed E-state index contributed by atoms with van der Waals surface area (Å²) < 4.78 is 0. The minimum Gasteiger partial charge on any atom is -0.353 e. The number of aromatic nitrogens is 3. The molecule has 0 spiro atoms. The molecule has 2 heterocycles. The third-order valence-electron chi connectivity index (χ3n) is 2.27. The van der Waals surface area contributed by atoms with Crippen molar-refractivity contribution in [1.29, 1.82) is 5.26 Å². The van der Waals surface area contributed by atoms with Crippen LogP contribution < -0.4 is 4.90 Å². The summed E-state index contributed by atoms with van der Waals surface area (Å²) in [6.07, 6.45) is 4.80. The van der Waals surface area contributed by atoms with Crippen LogP contribution in [0.1, 0.15) is 11.4 Å². The molecule has 17 heavy (non-hydrogen) atoms. The molecule has 0 unspecified atom stereocenters. The quantitative estimate of drug-likeness (QED) is 0.789. The summed E-state index contributed by atoms with van der Waals surface area (Å²) in [5.74, 6) is 0.717. The van der Waals surface area contributed by atoms with Gasteiger partial charge in [-0.25, -0.2) is 9.97 Å². The van der Waals surface area contributed by atoms with Crippen molar-refractivity contribution in [3.63, 3.8) is 0 Å². The predicted molar refractivity (Wildman–Crippen MR) is 63.1 cm³/mol. The second-order valence-electron chi connectivity index (χ2n) is 3.55. The lowest BCUT2D eigenvalue weighted by molar-refractivity contribution is 0.859. The van der Waals surface area contributed by atoms with E-state index in [1.807, 2.05) is 36.2 Å². The van der Waals surface area contributed by atoms with Crippen molar-refractivity contribution in [2.45, 2.75) is 6.54 Å². The van der Waals surface area contributed by atoms with E-state index in [-0.39, 0.29) is 0 Å². The zero-order valence-electron chi connectivity index (χ0n) is 9.41. The van der Waals surface area contributed by atoms with Crippen molar-refractivity contribution in [2.75, 3.05) is 11.9 Å². The second kappa shape index (κ2) is 5.03. The van der Waals surface area contributed by atoms with Gasteiger partial charge in [0.05, 0.1) is 24.6 Å². The monoisotopic (exact) mass is 225 g/mol. The zero-order valence-corrected chi connectivity index (χ0v) is 9.41. The molecule has 0 atom stereocenters. The molecule has 0 N–H and O–H groups in total. The topological polar surface area (TPSA) is 65.7 Å². The smallest absolute Gasteiger partial charge is 0.158 e. The Hall–Kier alpha value is -2.48. The molecule has 0 aliphatic carbocycles. The maximum absolute atomic E-state index is 8.63. The fraction of sp³-hybridized carbons (Fsp3) is 0.167. The molecular weight excluding hydrogens is 214 g/mol. The van der Waals surface area contributed by atoms with Crippen molar-refractivity contribution < 1.29 is 0 Å². The molecule has 0 amide bonds. The molecule has 0 aliphatic rings. The normalized spacial score (nSPS) is 9.65. The minimum atomic E-state index is 0.319. The van der Waals surface area contributed by atoms with Crippen molar-refractivity contribution in [3.05, 3.63) is 48.2 Å². The SMILES string of the molecule is CN(Cc1ccccn1)c1cnc(C#N)cn1. The molecule has 5 nitrogen and oxygen atoms in total. The summed E-state index contributed by atoms with van der Waals surface area (Å²) >= 11 is 0. The molecule has 0 saturated heterocycles.